The Balaban J connectivity index is 1.98. The summed E-state index contributed by atoms with van der Waals surface area (Å²) in [7, 11) is 0. The van der Waals surface area contributed by atoms with Crippen LogP contribution in [0.3, 0.4) is 0 Å². The maximum Gasteiger partial charge on any atom is 0.335 e. The van der Waals surface area contributed by atoms with Crippen LogP contribution in [0, 0.1) is 5.92 Å². The van der Waals surface area contributed by atoms with Crippen LogP contribution in [0.1, 0.15) is 55.1 Å². The average Bonchev–Trinajstić information content (AvgIpc) is 3.00. The SMILES string of the molecule is CC(C)c1cc(C(=O)O)cc(N2CC3CCC2C3)n1. The molecule has 2 fully saturated rings. The molecule has 2 bridgehead atoms. The Morgan fingerprint density at radius 3 is 2.74 bits per heavy atom. The highest BCUT2D eigenvalue weighted by Crippen LogP contribution is 2.40. The number of hydrogen-bond acceptors (Lipinski definition) is 3. The van der Waals surface area contributed by atoms with Gasteiger partial charge < -0.3 is 10.0 Å². The third-order valence-electron chi connectivity index (χ3n) is 4.37. The zero-order valence-corrected chi connectivity index (χ0v) is 11.5. The van der Waals surface area contributed by atoms with Gasteiger partial charge in [0.1, 0.15) is 5.82 Å². The zero-order valence-electron chi connectivity index (χ0n) is 11.5. The first kappa shape index (κ1) is 12.5. The smallest absolute Gasteiger partial charge is 0.335 e. The van der Waals surface area contributed by atoms with Gasteiger partial charge in [0, 0.05) is 18.3 Å². The van der Waals surface area contributed by atoms with Crippen LogP contribution in [0.15, 0.2) is 12.1 Å². The van der Waals surface area contributed by atoms with Gasteiger partial charge in [0.25, 0.3) is 0 Å². The summed E-state index contributed by atoms with van der Waals surface area (Å²) in [6.45, 7) is 5.14. The number of rotatable bonds is 3. The molecule has 102 valence electrons. The van der Waals surface area contributed by atoms with Crippen molar-refractivity contribution in [1.29, 1.82) is 0 Å². The van der Waals surface area contributed by atoms with E-state index in [1.165, 1.54) is 19.3 Å². The molecule has 1 aromatic rings. The zero-order chi connectivity index (χ0) is 13.6. The maximum absolute atomic E-state index is 11.3. The van der Waals surface area contributed by atoms with Crippen molar-refractivity contribution in [3.63, 3.8) is 0 Å². The fraction of sp³-hybridized carbons (Fsp3) is 0.600. The van der Waals surface area contributed by atoms with E-state index in [2.05, 4.69) is 9.88 Å². The number of pyridine rings is 1. The van der Waals surface area contributed by atoms with Crippen molar-refractivity contribution in [2.24, 2.45) is 5.92 Å². The van der Waals surface area contributed by atoms with Crippen molar-refractivity contribution >= 4 is 11.8 Å². The van der Waals surface area contributed by atoms with E-state index in [1.807, 2.05) is 13.8 Å². The molecule has 19 heavy (non-hydrogen) atoms. The lowest BCUT2D eigenvalue weighted by molar-refractivity contribution is 0.0696. The fourth-order valence-corrected chi connectivity index (χ4v) is 3.31. The monoisotopic (exact) mass is 260 g/mol. The second-order valence-corrected chi connectivity index (χ2v) is 6.08. The van der Waals surface area contributed by atoms with Crippen molar-refractivity contribution in [2.75, 3.05) is 11.4 Å². The molecule has 1 aliphatic heterocycles. The molecule has 3 rings (SSSR count). The van der Waals surface area contributed by atoms with E-state index in [-0.39, 0.29) is 5.92 Å². The fourth-order valence-electron chi connectivity index (χ4n) is 3.31. The van der Waals surface area contributed by atoms with Gasteiger partial charge in [-0.15, -0.1) is 0 Å². The van der Waals surface area contributed by atoms with Gasteiger partial charge in [-0.3, -0.25) is 0 Å². The number of anilines is 1. The number of carboxylic acids is 1. The second kappa shape index (κ2) is 4.51. The first-order valence-corrected chi connectivity index (χ1v) is 7.06. The molecule has 1 N–H and O–H groups in total. The summed E-state index contributed by atoms with van der Waals surface area (Å²) in [5.41, 5.74) is 1.23. The molecule has 1 saturated heterocycles. The van der Waals surface area contributed by atoms with Gasteiger partial charge in [0.15, 0.2) is 0 Å². The lowest BCUT2D eigenvalue weighted by atomic mass is 10.1. The number of piperidine rings is 1. The van der Waals surface area contributed by atoms with E-state index in [9.17, 15) is 9.90 Å². The summed E-state index contributed by atoms with van der Waals surface area (Å²) in [6.07, 6.45) is 3.79. The summed E-state index contributed by atoms with van der Waals surface area (Å²) in [5, 5.41) is 9.24. The van der Waals surface area contributed by atoms with Gasteiger partial charge in [0.2, 0.25) is 0 Å². The van der Waals surface area contributed by atoms with Gasteiger partial charge in [-0.25, -0.2) is 9.78 Å². The Morgan fingerprint density at radius 2 is 2.21 bits per heavy atom. The second-order valence-electron chi connectivity index (χ2n) is 6.08. The van der Waals surface area contributed by atoms with E-state index in [0.717, 1.165) is 24.0 Å². The molecule has 1 aliphatic carbocycles. The number of fused-ring (bicyclic) bond motifs is 2. The number of carbonyl (C=O) groups is 1. The largest absolute Gasteiger partial charge is 0.478 e. The van der Waals surface area contributed by atoms with Crippen LogP contribution in [-0.2, 0) is 0 Å². The van der Waals surface area contributed by atoms with Crippen LogP contribution in [0.25, 0.3) is 0 Å². The summed E-state index contributed by atoms with van der Waals surface area (Å²) in [6, 6.07) is 4.00. The van der Waals surface area contributed by atoms with E-state index in [1.54, 1.807) is 12.1 Å². The highest BCUT2D eigenvalue weighted by molar-refractivity contribution is 5.88. The maximum atomic E-state index is 11.3. The van der Waals surface area contributed by atoms with Crippen LogP contribution in [-0.4, -0.2) is 28.6 Å². The number of aromatic carboxylic acids is 1. The van der Waals surface area contributed by atoms with Crippen molar-refractivity contribution < 1.29 is 9.90 Å². The van der Waals surface area contributed by atoms with Crippen molar-refractivity contribution in [3.8, 4) is 0 Å². The minimum Gasteiger partial charge on any atom is -0.478 e. The van der Waals surface area contributed by atoms with Gasteiger partial charge in [-0.2, -0.15) is 0 Å². The lowest BCUT2D eigenvalue weighted by Gasteiger charge is -2.29. The molecule has 1 aromatic heterocycles. The standard InChI is InChI=1S/C15H20N2O2/c1-9(2)13-6-11(15(18)19)7-14(16-13)17-8-10-3-4-12(17)5-10/h6-7,9-10,12H,3-5,8H2,1-2H3,(H,18,19). The first-order valence-electron chi connectivity index (χ1n) is 7.06. The molecule has 1 saturated carbocycles. The Kier molecular flexibility index (Phi) is 2.96. The Morgan fingerprint density at radius 1 is 1.42 bits per heavy atom. The van der Waals surface area contributed by atoms with E-state index >= 15 is 0 Å². The third-order valence-corrected chi connectivity index (χ3v) is 4.37. The topological polar surface area (TPSA) is 53.4 Å². The summed E-state index contributed by atoms with van der Waals surface area (Å²) >= 11 is 0. The number of aromatic nitrogens is 1. The molecule has 2 heterocycles. The van der Waals surface area contributed by atoms with E-state index < -0.39 is 5.97 Å². The summed E-state index contributed by atoms with van der Waals surface area (Å²) in [4.78, 5) is 18.2. The quantitative estimate of drug-likeness (QED) is 0.908. The third kappa shape index (κ3) is 2.20. The molecule has 2 aliphatic rings. The van der Waals surface area contributed by atoms with Gasteiger partial charge in [-0.05, 0) is 43.2 Å². The molecule has 2 atom stereocenters. The number of carboxylic acid groups (broad SMARTS) is 1. The van der Waals surface area contributed by atoms with Gasteiger partial charge in [-0.1, -0.05) is 13.8 Å². The molecular formula is C15H20N2O2. The Labute approximate surface area is 113 Å². The molecule has 4 heteroatoms. The van der Waals surface area contributed by atoms with Crippen molar-refractivity contribution in [3.05, 3.63) is 23.4 Å². The molecule has 4 nitrogen and oxygen atoms in total. The van der Waals surface area contributed by atoms with Crippen LogP contribution < -0.4 is 4.90 Å². The summed E-state index contributed by atoms with van der Waals surface area (Å²) in [5.74, 6) is 1.02. The van der Waals surface area contributed by atoms with E-state index in [0.29, 0.717) is 11.6 Å². The van der Waals surface area contributed by atoms with Crippen LogP contribution in [0.5, 0.6) is 0 Å². The highest BCUT2D eigenvalue weighted by atomic mass is 16.4. The Bertz CT molecular complexity index is 513. The molecule has 2 unspecified atom stereocenters. The average molecular weight is 260 g/mol. The van der Waals surface area contributed by atoms with E-state index in [4.69, 9.17) is 0 Å². The normalized spacial score (nSPS) is 25.3. The molecule has 0 amide bonds. The summed E-state index contributed by atoms with van der Waals surface area (Å²) < 4.78 is 0. The van der Waals surface area contributed by atoms with Crippen LogP contribution in [0.2, 0.25) is 0 Å². The van der Waals surface area contributed by atoms with Crippen molar-refractivity contribution in [1.82, 2.24) is 4.98 Å². The predicted molar refractivity (Wildman–Crippen MR) is 73.8 cm³/mol. The number of hydrogen-bond donors (Lipinski definition) is 1. The van der Waals surface area contributed by atoms with Gasteiger partial charge in [0.05, 0.1) is 5.56 Å². The molecule has 0 aromatic carbocycles. The van der Waals surface area contributed by atoms with Crippen LogP contribution in [0.4, 0.5) is 5.82 Å². The van der Waals surface area contributed by atoms with Gasteiger partial charge >= 0.3 is 5.97 Å². The lowest BCUT2D eigenvalue weighted by Crippen LogP contribution is -2.33. The Hall–Kier alpha value is -1.58. The minimum atomic E-state index is -0.866. The molecule has 0 radical (unpaired) electrons. The molecule has 0 spiro atoms. The highest BCUT2D eigenvalue weighted by Gasteiger charge is 2.38. The predicted octanol–water partition coefficient (Wildman–Crippen LogP) is 2.89. The first-order chi connectivity index (χ1) is 9.04. The minimum absolute atomic E-state index is 0.248. The van der Waals surface area contributed by atoms with Crippen LogP contribution >= 0.6 is 0 Å². The van der Waals surface area contributed by atoms with Crippen molar-refractivity contribution in [2.45, 2.75) is 45.1 Å². The number of nitrogens with zero attached hydrogens (tertiary/aromatic N) is 2. The molecular weight excluding hydrogens is 240 g/mol.